The summed E-state index contributed by atoms with van der Waals surface area (Å²) in [6.45, 7) is 13.7. The molecular weight excluding hydrogens is 476 g/mol. The van der Waals surface area contributed by atoms with Crippen molar-refractivity contribution in [2.75, 3.05) is 22.9 Å². The number of aliphatic hydroxyl groups excluding tert-OH is 1. The van der Waals surface area contributed by atoms with Gasteiger partial charge in [-0.15, -0.1) is 0 Å². The molecule has 3 aromatic rings. The highest BCUT2D eigenvalue weighted by Crippen LogP contribution is 2.43. The van der Waals surface area contributed by atoms with E-state index in [1.807, 2.05) is 70.2 Å². The molecule has 1 aliphatic heterocycles. The van der Waals surface area contributed by atoms with Crippen LogP contribution in [0.1, 0.15) is 56.0 Å². The summed E-state index contributed by atoms with van der Waals surface area (Å²) in [4.78, 5) is 30.8. The third kappa shape index (κ3) is 5.17. The molecule has 6 heteroatoms. The number of ether oxygens (including phenoxy) is 1. The predicted octanol–water partition coefficient (Wildman–Crippen LogP) is 6.56. The van der Waals surface area contributed by atoms with Gasteiger partial charge in [0.05, 0.1) is 17.7 Å². The van der Waals surface area contributed by atoms with Crippen molar-refractivity contribution in [2.45, 2.75) is 53.7 Å². The lowest BCUT2D eigenvalue weighted by molar-refractivity contribution is -0.132. The number of rotatable bonds is 8. The monoisotopic (exact) mass is 512 g/mol. The quantitative estimate of drug-likeness (QED) is 0.210. The van der Waals surface area contributed by atoms with Gasteiger partial charge in [-0.3, -0.25) is 14.5 Å². The summed E-state index contributed by atoms with van der Waals surface area (Å²) in [6, 6.07) is 19.9. The number of Topliss-reactive ketones (excluding diaryl/α,β-unsaturated/α-hetero) is 1. The van der Waals surface area contributed by atoms with E-state index in [4.69, 9.17) is 4.74 Å². The molecule has 38 heavy (non-hydrogen) atoms. The van der Waals surface area contributed by atoms with E-state index >= 15 is 0 Å². The second-order valence-corrected chi connectivity index (χ2v) is 9.92. The van der Waals surface area contributed by atoms with Gasteiger partial charge in [-0.1, -0.05) is 42.0 Å². The molecule has 0 aromatic heterocycles. The first-order valence-electron chi connectivity index (χ1n) is 13.2. The Bertz CT molecular complexity index is 1370. The number of ketones is 1. The molecule has 1 saturated heterocycles. The van der Waals surface area contributed by atoms with Crippen molar-refractivity contribution in [3.63, 3.8) is 0 Å². The minimum Gasteiger partial charge on any atom is -0.507 e. The minimum atomic E-state index is -0.781. The molecule has 1 heterocycles. The SMILES string of the molecule is CCN(CC)c1ccc(C2/C(=C(\O)c3cccc(OC(C)C)c3)C(=O)C(=O)N2c2ccc(C)cc2C)cc1. The molecule has 1 fully saturated rings. The first-order chi connectivity index (χ1) is 18.2. The van der Waals surface area contributed by atoms with Crippen LogP contribution in [0.3, 0.4) is 0 Å². The van der Waals surface area contributed by atoms with Gasteiger partial charge in [0.2, 0.25) is 0 Å². The van der Waals surface area contributed by atoms with Crippen molar-refractivity contribution in [2.24, 2.45) is 0 Å². The van der Waals surface area contributed by atoms with Crippen LogP contribution in [-0.2, 0) is 9.59 Å². The molecule has 6 nitrogen and oxygen atoms in total. The fourth-order valence-electron chi connectivity index (χ4n) is 5.07. The molecule has 1 amide bonds. The molecule has 1 N–H and O–H groups in total. The Labute approximate surface area is 225 Å². The molecule has 198 valence electrons. The van der Waals surface area contributed by atoms with Crippen LogP contribution < -0.4 is 14.5 Å². The van der Waals surface area contributed by atoms with Crippen LogP contribution in [0.25, 0.3) is 5.76 Å². The minimum absolute atomic E-state index is 0.0492. The predicted molar refractivity (Wildman–Crippen MR) is 153 cm³/mol. The van der Waals surface area contributed by atoms with E-state index in [0.29, 0.717) is 17.0 Å². The highest BCUT2D eigenvalue weighted by atomic mass is 16.5. The summed E-state index contributed by atoms with van der Waals surface area (Å²) in [5, 5.41) is 11.5. The molecule has 1 unspecified atom stereocenters. The third-order valence-electron chi connectivity index (χ3n) is 6.87. The number of nitrogens with zero attached hydrogens (tertiary/aromatic N) is 2. The Morgan fingerprint density at radius 3 is 2.26 bits per heavy atom. The number of anilines is 2. The highest BCUT2D eigenvalue weighted by molar-refractivity contribution is 6.51. The third-order valence-corrected chi connectivity index (χ3v) is 6.87. The van der Waals surface area contributed by atoms with Gasteiger partial charge in [-0.2, -0.15) is 0 Å². The number of aryl methyl sites for hydroxylation is 2. The molecule has 0 saturated carbocycles. The number of aliphatic hydroxyl groups is 1. The van der Waals surface area contributed by atoms with Gasteiger partial charge >= 0.3 is 0 Å². The first kappa shape index (κ1) is 27.0. The Kier molecular flexibility index (Phi) is 7.91. The zero-order chi connectivity index (χ0) is 27.6. The fourth-order valence-corrected chi connectivity index (χ4v) is 5.07. The Balaban J connectivity index is 1.90. The van der Waals surface area contributed by atoms with Crippen LogP contribution in [0, 0.1) is 13.8 Å². The summed E-state index contributed by atoms with van der Waals surface area (Å²) < 4.78 is 5.80. The maximum Gasteiger partial charge on any atom is 0.300 e. The number of hydrogen-bond acceptors (Lipinski definition) is 5. The van der Waals surface area contributed by atoms with Crippen molar-refractivity contribution in [1.29, 1.82) is 0 Å². The number of carbonyl (C=O) groups is 2. The van der Waals surface area contributed by atoms with Crippen molar-refractivity contribution in [3.05, 3.63) is 94.6 Å². The van der Waals surface area contributed by atoms with Crippen molar-refractivity contribution >= 4 is 28.8 Å². The van der Waals surface area contributed by atoms with Crippen LogP contribution in [-0.4, -0.2) is 36.0 Å². The van der Waals surface area contributed by atoms with Gasteiger partial charge in [0.1, 0.15) is 11.5 Å². The standard InChI is InChI=1S/C32H36N2O4/c1-7-33(8-2)25-15-13-23(14-16-25)29-28(30(35)24-10-9-11-26(19-24)38-20(3)4)31(36)32(37)34(29)27-17-12-21(5)18-22(27)6/h9-20,29,35H,7-8H2,1-6H3/b30-28+. The van der Waals surface area contributed by atoms with Crippen molar-refractivity contribution < 1.29 is 19.4 Å². The van der Waals surface area contributed by atoms with Gasteiger partial charge in [-0.05, 0) is 83.0 Å². The van der Waals surface area contributed by atoms with E-state index in [0.717, 1.165) is 35.5 Å². The summed E-state index contributed by atoms with van der Waals surface area (Å²) >= 11 is 0. The van der Waals surface area contributed by atoms with Gasteiger partial charge in [0, 0.05) is 30.0 Å². The average molecular weight is 513 g/mol. The number of benzene rings is 3. The van der Waals surface area contributed by atoms with Crippen LogP contribution in [0.15, 0.2) is 72.3 Å². The molecule has 0 spiro atoms. The van der Waals surface area contributed by atoms with E-state index < -0.39 is 17.7 Å². The van der Waals surface area contributed by atoms with E-state index in [-0.39, 0.29) is 17.4 Å². The second kappa shape index (κ2) is 11.1. The van der Waals surface area contributed by atoms with Gasteiger partial charge in [0.25, 0.3) is 11.7 Å². The molecule has 1 atom stereocenters. The molecule has 0 radical (unpaired) electrons. The van der Waals surface area contributed by atoms with Crippen LogP contribution in [0.5, 0.6) is 5.75 Å². The second-order valence-electron chi connectivity index (χ2n) is 9.92. The van der Waals surface area contributed by atoms with Crippen LogP contribution in [0.2, 0.25) is 0 Å². The number of hydrogen-bond donors (Lipinski definition) is 1. The maximum absolute atomic E-state index is 13.6. The number of amides is 1. The van der Waals surface area contributed by atoms with E-state index in [1.165, 1.54) is 4.90 Å². The Morgan fingerprint density at radius 1 is 0.974 bits per heavy atom. The van der Waals surface area contributed by atoms with Crippen molar-refractivity contribution in [3.8, 4) is 5.75 Å². The summed E-state index contributed by atoms with van der Waals surface area (Å²) in [5.74, 6) is -1.02. The first-order valence-corrected chi connectivity index (χ1v) is 13.2. The van der Waals surface area contributed by atoms with Crippen LogP contribution >= 0.6 is 0 Å². The lowest BCUT2D eigenvalue weighted by atomic mass is 9.94. The normalized spacial score (nSPS) is 16.8. The van der Waals surface area contributed by atoms with Gasteiger partial charge in [-0.25, -0.2) is 0 Å². The summed E-state index contributed by atoms with van der Waals surface area (Å²) in [5.41, 5.74) is 4.87. The van der Waals surface area contributed by atoms with Gasteiger partial charge in [0.15, 0.2) is 0 Å². The van der Waals surface area contributed by atoms with Gasteiger partial charge < -0.3 is 14.7 Å². The van der Waals surface area contributed by atoms with E-state index in [9.17, 15) is 14.7 Å². The molecular formula is C32H36N2O4. The topological polar surface area (TPSA) is 70.1 Å². The van der Waals surface area contributed by atoms with Crippen LogP contribution in [0.4, 0.5) is 11.4 Å². The summed E-state index contributed by atoms with van der Waals surface area (Å²) in [6.07, 6.45) is -0.0492. The molecule has 4 rings (SSSR count). The maximum atomic E-state index is 13.6. The largest absolute Gasteiger partial charge is 0.507 e. The highest BCUT2D eigenvalue weighted by Gasteiger charge is 2.47. The van der Waals surface area contributed by atoms with Crippen molar-refractivity contribution in [1.82, 2.24) is 0 Å². The molecule has 1 aliphatic rings. The number of carbonyl (C=O) groups excluding carboxylic acids is 2. The average Bonchev–Trinajstić information content (AvgIpc) is 3.15. The molecule has 0 bridgehead atoms. The zero-order valence-corrected chi connectivity index (χ0v) is 23.0. The molecule has 0 aliphatic carbocycles. The van der Waals surface area contributed by atoms with E-state index in [2.05, 4.69) is 18.7 Å². The summed E-state index contributed by atoms with van der Waals surface area (Å²) in [7, 11) is 0. The lowest BCUT2D eigenvalue weighted by Crippen LogP contribution is -2.30. The van der Waals surface area contributed by atoms with E-state index in [1.54, 1.807) is 24.3 Å². The Hall–Kier alpha value is -4.06. The molecule has 3 aromatic carbocycles. The smallest absolute Gasteiger partial charge is 0.300 e. The lowest BCUT2D eigenvalue weighted by Gasteiger charge is -2.28. The zero-order valence-electron chi connectivity index (χ0n) is 23.0. The fraction of sp³-hybridized carbons (Fsp3) is 0.312. The Morgan fingerprint density at radius 2 is 1.66 bits per heavy atom.